The molecule has 0 unspecified atom stereocenters. The number of hydrogen-bond acceptors (Lipinski definition) is 2. The van der Waals surface area contributed by atoms with Gasteiger partial charge >= 0.3 is 0 Å². The molecule has 0 saturated carbocycles. The van der Waals surface area contributed by atoms with E-state index in [1.165, 1.54) is 71.6 Å². The molecule has 2 aromatic heterocycles. The third-order valence-electron chi connectivity index (χ3n) is 8.16. The van der Waals surface area contributed by atoms with E-state index in [-0.39, 0.29) is 0 Å². The fraction of sp³-hybridized carbons (Fsp3) is 0.0769. The van der Waals surface area contributed by atoms with Gasteiger partial charge in [0.1, 0.15) is 0 Å². The van der Waals surface area contributed by atoms with E-state index in [4.69, 9.17) is 0 Å². The summed E-state index contributed by atoms with van der Waals surface area (Å²) in [6.07, 6.45) is 7.50. The molecule has 0 saturated heterocycles. The maximum absolute atomic E-state index is 4.33. The first-order valence-corrected chi connectivity index (χ1v) is 14.1. The van der Waals surface area contributed by atoms with Gasteiger partial charge in [0.05, 0.1) is 0 Å². The van der Waals surface area contributed by atoms with Gasteiger partial charge in [0, 0.05) is 24.8 Å². The van der Waals surface area contributed by atoms with Gasteiger partial charge in [-0.2, -0.15) is 0 Å². The second-order valence-electron chi connectivity index (χ2n) is 10.9. The molecule has 0 bridgehead atoms. The minimum Gasteiger partial charge on any atom is -0.264 e. The molecule has 2 heteroatoms. The zero-order chi connectivity index (χ0) is 27.9. The summed E-state index contributed by atoms with van der Waals surface area (Å²) >= 11 is 0. The van der Waals surface area contributed by atoms with Crippen molar-refractivity contribution in [2.24, 2.45) is 0 Å². The Morgan fingerprint density at radius 3 is 1.41 bits per heavy atom. The minimum atomic E-state index is 1.13. The Labute approximate surface area is 241 Å². The third kappa shape index (κ3) is 4.38. The average Bonchev–Trinajstić information content (AvgIpc) is 3.01. The zero-order valence-electron chi connectivity index (χ0n) is 23.5. The predicted octanol–water partition coefficient (Wildman–Crippen LogP) is 10.4. The number of pyridine rings is 2. The molecule has 0 atom stereocenters. The van der Waals surface area contributed by atoms with Crippen molar-refractivity contribution < 1.29 is 0 Å². The van der Waals surface area contributed by atoms with Crippen molar-refractivity contribution in [1.29, 1.82) is 0 Å². The summed E-state index contributed by atoms with van der Waals surface area (Å²) in [7, 11) is 0. The van der Waals surface area contributed by atoms with Crippen LogP contribution in [0.2, 0.25) is 0 Å². The molecule has 41 heavy (non-hydrogen) atoms. The molecule has 0 fully saturated rings. The van der Waals surface area contributed by atoms with Crippen LogP contribution in [-0.4, -0.2) is 9.97 Å². The monoisotopic (exact) mass is 526 g/mol. The first kappa shape index (κ1) is 24.9. The van der Waals surface area contributed by atoms with Gasteiger partial charge in [-0.3, -0.25) is 9.97 Å². The topological polar surface area (TPSA) is 25.8 Å². The molecule has 0 N–H and O–H groups in total. The van der Waals surface area contributed by atoms with Gasteiger partial charge in [0.2, 0.25) is 0 Å². The van der Waals surface area contributed by atoms with Crippen molar-refractivity contribution in [3.8, 4) is 44.5 Å². The van der Waals surface area contributed by atoms with E-state index in [2.05, 4.69) is 122 Å². The Morgan fingerprint density at radius 2 is 0.927 bits per heavy atom. The molecule has 7 aromatic rings. The normalized spacial score (nSPS) is 11.3. The molecule has 0 amide bonds. The lowest BCUT2D eigenvalue weighted by molar-refractivity contribution is 1.33. The van der Waals surface area contributed by atoms with E-state index >= 15 is 0 Å². The molecule has 2 heterocycles. The van der Waals surface area contributed by atoms with Gasteiger partial charge in [0.25, 0.3) is 0 Å². The summed E-state index contributed by atoms with van der Waals surface area (Å²) in [5.74, 6) is 0. The highest BCUT2D eigenvalue weighted by Crippen LogP contribution is 2.46. The van der Waals surface area contributed by atoms with Gasteiger partial charge in [-0.15, -0.1) is 0 Å². The van der Waals surface area contributed by atoms with Crippen molar-refractivity contribution in [2.75, 3.05) is 0 Å². The highest BCUT2D eigenvalue weighted by molar-refractivity contribution is 6.22. The van der Waals surface area contributed by atoms with Crippen molar-refractivity contribution >= 4 is 21.5 Å². The van der Waals surface area contributed by atoms with Crippen LogP contribution in [0.15, 0.2) is 128 Å². The van der Waals surface area contributed by atoms with E-state index in [9.17, 15) is 0 Å². The number of fused-ring (bicyclic) bond motifs is 2. The summed E-state index contributed by atoms with van der Waals surface area (Å²) < 4.78 is 0. The van der Waals surface area contributed by atoms with Crippen molar-refractivity contribution in [3.05, 3.63) is 145 Å². The number of aryl methyl sites for hydroxylation is 3. The van der Waals surface area contributed by atoms with Gasteiger partial charge in [0.15, 0.2) is 0 Å². The van der Waals surface area contributed by atoms with Gasteiger partial charge < -0.3 is 0 Å². The second-order valence-corrected chi connectivity index (χ2v) is 10.9. The maximum atomic E-state index is 4.33. The zero-order valence-corrected chi connectivity index (χ0v) is 23.5. The molecule has 7 rings (SSSR count). The number of hydrogen-bond donors (Lipinski definition) is 0. The van der Waals surface area contributed by atoms with Crippen LogP contribution in [0.4, 0.5) is 0 Å². The largest absolute Gasteiger partial charge is 0.264 e. The molecule has 2 nitrogen and oxygen atoms in total. The van der Waals surface area contributed by atoms with Crippen LogP contribution in [0, 0.1) is 20.8 Å². The SMILES string of the molecule is Cc1ccc2c(-c3ccc(-c4cccnc4)cc3C)c3ccccc3c(-c3ccc(-c4cccnc4)cc3C)c2c1. The van der Waals surface area contributed by atoms with E-state index < -0.39 is 0 Å². The van der Waals surface area contributed by atoms with Crippen LogP contribution < -0.4 is 0 Å². The second kappa shape index (κ2) is 10.1. The lowest BCUT2D eigenvalue weighted by atomic mass is 9.83. The minimum absolute atomic E-state index is 1.13. The summed E-state index contributed by atoms with van der Waals surface area (Å²) in [5, 5.41) is 5.10. The smallest absolute Gasteiger partial charge is 0.0346 e. The first-order chi connectivity index (χ1) is 20.1. The Balaban J connectivity index is 1.50. The predicted molar refractivity (Wildman–Crippen MR) is 173 cm³/mol. The molecule has 0 aliphatic rings. The highest BCUT2D eigenvalue weighted by atomic mass is 14.6. The molecular formula is C39H30N2. The molecule has 0 aliphatic carbocycles. The van der Waals surface area contributed by atoms with E-state index in [0.29, 0.717) is 0 Å². The first-order valence-electron chi connectivity index (χ1n) is 14.1. The fourth-order valence-corrected chi connectivity index (χ4v) is 6.19. The summed E-state index contributed by atoms with van der Waals surface area (Å²) in [5.41, 5.74) is 13.5. The van der Waals surface area contributed by atoms with Crippen LogP contribution >= 0.6 is 0 Å². The average molecular weight is 527 g/mol. The molecule has 0 aliphatic heterocycles. The Morgan fingerprint density at radius 1 is 0.415 bits per heavy atom. The summed E-state index contributed by atoms with van der Waals surface area (Å²) in [4.78, 5) is 8.65. The van der Waals surface area contributed by atoms with Gasteiger partial charge in [-0.05, 0) is 110 Å². The third-order valence-corrected chi connectivity index (χ3v) is 8.16. The molecule has 196 valence electrons. The molecule has 5 aromatic carbocycles. The van der Waals surface area contributed by atoms with E-state index in [1.807, 2.05) is 36.9 Å². The Kier molecular flexibility index (Phi) is 6.17. The van der Waals surface area contributed by atoms with Crippen molar-refractivity contribution in [3.63, 3.8) is 0 Å². The van der Waals surface area contributed by atoms with Crippen molar-refractivity contribution in [1.82, 2.24) is 9.97 Å². The maximum Gasteiger partial charge on any atom is 0.0346 e. The van der Waals surface area contributed by atoms with Crippen molar-refractivity contribution in [2.45, 2.75) is 20.8 Å². The summed E-state index contributed by atoms with van der Waals surface area (Å²) in [6.45, 7) is 6.63. The Hall–Kier alpha value is -5.08. The lowest BCUT2D eigenvalue weighted by Crippen LogP contribution is -1.95. The number of aromatic nitrogens is 2. The van der Waals surface area contributed by atoms with Gasteiger partial charge in [-0.25, -0.2) is 0 Å². The number of benzene rings is 5. The summed E-state index contributed by atoms with van der Waals surface area (Å²) in [6, 6.07) is 37.6. The lowest BCUT2D eigenvalue weighted by Gasteiger charge is -2.21. The highest BCUT2D eigenvalue weighted by Gasteiger charge is 2.19. The van der Waals surface area contributed by atoms with Crippen LogP contribution in [0.3, 0.4) is 0 Å². The molecule has 0 radical (unpaired) electrons. The van der Waals surface area contributed by atoms with Crippen LogP contribution in [0.5, 0.6) is 0 Å². The van der Waals surface area contributed by atoms with Crippen LogP contribution in [0.25, 0.3) is 66.1 Å². The molecule has 0 spiro atoms. The number of rotatable bonds is 4. The van der Waals surface area contributed by atoms with Gasteiger partial charge in [-0.1, -0.05) is 96.6 Å². The standard InChI is InChI=1S/C39H30N2/c1-25-12-15-36-37(20-25)39(33-17-14-29(22-27(33)3)31-9-7-19-41-24-31)35-11-5-4-10-34(35)38(36)32-16-13-28(21-26(32)2)30-8-6-18-40-23-30/h4-24H,1-3H3. The Bertz CT molecular complexity index is 2060. The quantitative estimate of drug-likeness (QED) is 0.213. The molecular weight excluding hydrogens is 496 g/mol. The van der Waals surface area contributed by atoms with Crippen LogP contribution in [0.1, 0.15) is 16.7 Å². The van der Waals surface area contributed by atoms with Crippen LogP contribution in [-0.2, 0) is 0 Å². The number of nitrogens with zero attached hydrogens (tertiary/aromatic N) is 2. The fourth-order valence-electron chi connectivity index (χ4n) is 6.19. The van der Waals surface area contributed by atoms with E-state index in [1.54, 1.807) is 0 Å². The van der Waals surface area contributed by atoms with E-state index in [0.717, 1.165) is 11.1 Å².